The van der Waals surface area contributed by atoms with Crippen molar-refractivity contribution in [1.82, 2.24) is 14.9 Å². The van der Waals surface area contributed by atoms with Crippen molar-refractivity contribution in [2.45, 2.75) is 19.3 Å². The summed E-state index contributed by atoms with van der Waals surface area (Å²) in [6, 6.07) is 7.85. The molecule has 1 fully saturated rings. The molecule has 23 heavy (non-hydrogen) atoms. The Labute approximate surface area is 137 Å². The first kappa shape index (κ1) is 15.5. The van der Waals surface area contributed by atoms with Gasteiger partial charge in [0, 0.05) is 51.0 Å². The quantitative estimate of drug-likeness (QED) is 0.851. The Morgan fingerprint density at radius 3 is 2.65 bits per heavy atom. The molecule has 0 atom stereocenters. The molecule has 5 nitrogen and oxygen atoms in total. The molecule has 0 unspecified atom stereocenters. The number of aromatic nitrogens is 2. The van der Waals surface area contributed by atoms with Crippen molar-refractivity contribution < 1.29 is 4.79 Å². The number of hydrogen-bond donors (Lipinski definition) is 0. The number of carbonyl (C=O) groups is 1. The standard InChI is InChI=1S/C18H22N4O/c1-21(13-7-15-4-8-19-9-5-15)18(23)17-14-16(6-10-20-17)22-11-2-3-12-22/h4-6,8-10,14H,2-3,7,11-13H2,1H3. The fourth-order valence-corrected chi connectivity index (χ4v) is 2.85. The third-order valence-corrected chi connectivity index (χ3v) is 4.27. The molecule has 0 aromatic carbocycles. The van der Waals surface area contributed by atoms with Gasteiger partial charge in [0.25, 0.3) is 5.91 Å². The minimum Gasteiger partial charge on any atom is -0.371 e. The zero-order valence-corrected chi connectivity index (χ0v) is 13.5. The number of anilines is 1. The Morgan fingerprint density at radius 1 is 1.17 bits per heavy atom. The lowest BCUT2D eigenvalue weighted by Gasteiger charge is -2.20. The van der Waals surface area contributed by atoms with E-state index in [9.17, 15) is 4.79 Å². The summed E-state index contributed by atoms with van der Waals surface area (Å²) in [4.78, 5) is 24.9. The van der Waals surface area contributed by atoms with E-state index in [1.54, 1.807) is 23.5 Å². The minimum absolute atomic E-state index is 0.0277. The number of amides is 1. The molecular formula is C18H22N4O. The van der Waals surface area contributed by atoms with Gasteiger partial charge in [0.15, 0.2) is 0 Å². The van der Waals surface area contributed by atoms with E-state index < -0.39 is 0 Å². The van der Waals surface area contributed by atoms with Gasteiger partial charge in [-0.15, -0.1) is 0 Å². The lowest BCUT2D eigenvalue weighted by Crippen LogP contribution is -2.30. The summed E-state index contributed by atoms with van der Waals surface area (Å²) in [6.45, 7) is 2.80. The summed E-state index contributed by atoms with van der Waals surface area (Å²) in [6.07, 6.45) is 8.54. The monoisotopic (exact) mass is 310 g/mol. The molecule has 0 N–H and O–H groups in total. The molecule has 1 saturated heterocycles. The van der Waals surface area contributed by atoms with Gasteiger partial charge in [0.2, 0.25) is 0 Å². The first-order valence-electron chi connectivity index (χ1n) is 8.09. The molecule has 1 aliphatic rings. The van der Waals surface area contributed by atoms with E-state index in [4.69, 9.17) is 0 Å². The minimum atomic E-state index is -0.0277. The van der Waals surface area contributed by atoms with E-state index in [1.807, 2.05) is 31.3 Å². The number of hydrogen-bond acceptors (Lipinski definition) is 4. The SMILES string of the molecule is CN(CCc1ccncc1)C(=O)c1cc(N2CCCC2)ccn1. The van der Waals surface area contributed by atoms with Gasteiger partial charge < -0.3 is 9.80 Å². The molecule has 0 saturated carbocycles. The maximum Gasteiger partial charge on any atom is 0.272 e. The van der Waals surface area contributed by atoms with Crippen LogP contribution in [0.1, 0.15) is 28.9 Å². The van der Waals surface area contributed by atoms with Gasteiger partial charge in [-0.05, 0) is 49.1 Å². The molecule has 2 aromatic rings. The molecule has 120 valence electrons. The number of carbonyl (C=O) groups excluding carboxylic acids is 1. The van der Waals surface area contributed by atoms with E-state index >= 15 is 0 Å². The Hall–Kier alpha value is -2.43. The highest BCUT2D eigenvalue weighted by Gasteiger charge is 2.17. The summed E-state index contributed by atoms with van der Waals surface area (Å²) >= 11 is 0. The van der Waals surface area contributed by atoms with E-state index in [0.717, 1.165) is 25.2 Å². The van der Waals surface area contributed by atoms with Crippen LogP contribution in [0.5, 0.6) is 0 Å². The van der Waals surface area contributed by atoms with E-state index in [0.29, 0.717) is 12.2 Å². The van der Waals surface area contributed by atoms with E-state index in [1.165, 1.54) is 18.4 Å². The van der Waals surface area contributed by atoms with Gasteiger partial charge in [-0.25, -0.2) is 0 Å². The third-order valence-electron chi connectivity index (χ3n) is 4.27. The van der Waals surface area contributed by atoms with Crippen molar-refractivity contribution in [2.24, 2.45) is 0 Å². The molecule has 5 heteroatoms. The second kappa shape index (κ2) is 7.22. The van der Waals surface area contributed by atoms with Crippen molar-refractivity contribution in [2.75, 3.05) is 31.6 Å². The van der Waals surface area contributed by atoms with Gasteiger partial charge >= 0.3 is 0 Å². The molecule has 3 heterocycles. The average molecular weight is 310 g/mol. The first-order valence-corrected chi connectivity index (χ1v) is 8.09. The highest BCUT2D eigenvalue weighted by Crippen LogP contribution is 2.20. The topological polar surface area (TPSA) is 49.3 Å². The highest BCUT2D eigenvalue weighted by atomic mass is 16.2. The van der Waals surface area contributed by atoms with Gasteiger partial charge in [-0.1, -0.05) is 0 Å². The number of pyridine rings is 2. The van der Waals surface area contributed by atoms with Crippen molar-refractivity contribution in [3.05, 3.63) is 54.1 Å². The first-order chi connectivity index (χ1) is 11.2. The largest absolute Gasteiger partial charge is 0.371 e. The Kier molecular flexibility index (Phi) is 4.86. The summed E-state index contributed by atoms with van der Waals surface area (Å²) in [7, 11) is 1.83. The summed E-state index contributed by atoms with van der Waals surface area (Å²) < 4.78 is 0. The molecule has 0 aliphatic carbocycles. The molecule has 2 aromatic heterocycles. The second-order valence-corrected chi connectivity index (χ2v) is 5.93. The molecule has 0 radical (unpaired) electrons. The highest BCUT2D eigenvalue weighted by molar-refractivity contribution is 5.93. The number of likely N-dealkylation sites (N-methyl/N-ethyl adjacent to an activating group) is 1. The Morgan fingerprint density at radius 2 is 1.91 bits per heavy atom. The second-order valence-electron chi connectivity index (χ2n) is 5.93. The molecular weight excluding hydrogens is 288 g/mol. The molecule has 1 amide bonds. The van der Waals surface area contributed by atoms with E-state index in [-0.39, 0.29) is 5.91 Å². The molecule has 3 rings (SSSR count). The average Bonchev–Trinajstić information content (AvgIpc) is 3.15. The van der Waals surface area contributed by atoms with Gasteiger partial charge in [-0.2, -0.15) is 0 Å². The summed E-state index contributed by atoms with van der Waals surface area (Å²) in [5.41, 5.74) is 2.80. The van der Waals surface area contributed by atoms with Gasteiger partial charge in [-0.3, -0.25) is 14.8 Å². The van der Waals surface area contributed by atoms with Crippen LogP contribution in [0, 0.1) is 0 Å². The van der Waals surface area contributed by atoms with Crippen molar-refractivity contribution in [1.29, 1.82) is 0 Å². The summed E-state index contributed by atoms with van der Waals surface area (Å²) in [5.74, 6) is -0.0277. The predicted octanol–water partition coefficient (Wildman–Crippen LogP) is 2.39. The predicted molar refractivity (Wildman–Crippen MR) is 90.6 cm³/mol. The van der Waals surface area contributed by atoms with E-state index in [2.05, 4.69) is 14.9 Å². The van der Waals surface area contributed by atoms with Crippen LogP contribution < -0.4 is 4.90 Å². The van der Waals surface area contributed by atoms with Crippen molar-refractivity contribution in [3.63, 3.8) is 0 Å². The van der Waals surface area contributed by atoms with Crippen molar-refractivity contribution >= 4 is 11.6 Å². The van der Waals surface area contributed by atoms with Crippen LogP contribution in [0.25, 0.3) is 0 Å². The van der Waals surface area contributed by atoms with Crippen LogP contribution in [0.4, 0.5) is 5.69 Å². The van der Waals surface area contributed by atoms with Gasteiger partial charge in [0.05, 0.1) is 0 Å². The molecule has 1 aliphatic heterocycles. The Bertz CT molecular complexity index is 653. The number of rotatable bonds is 5. The summed E-state index contributed by atoms with van der Waals surface area (Å²) in [5, 5.41) is 0. The maximum atomic E-state index is 12.6. The van der Waals surface area contributed by atoms with Crippen LogP contribution >= 0.6 is 0 Å². The van der Waals surface area contributed by atoms with Crippen LogP contribution in [0.3, 0.4) is 0 Å². The Balaban J connectivity index is 1.63. The lowest BCUT2D eigenvalue weighted by molar-refractivity contribution is 0.0791. The molecule has 0 spiro atoms. The fourth-order valence-electron chi connectivity index (χ4n) is 2.85. The third kappa shape index (κ3) is 3.86. The van der Waals surface area contributed by atoms with Crippen LogP contribution in [0.2, 0.25) is 0 Å². The van der Waals surface area contributed by atoms with Crippen LogP contribution in [0.15, 0.2) is 42.9 Å². The zero-order chi connectivity index (χ0) is 16.1. The molecule has 0 bridgehead atoms. The lowest BCUT2D eigenvalue weighted by atomic mass is 10.2. The van der Waals surface area contributed by atoms with Gasteiger partial charge in [0.1, 0.15) is 5.69 Å². The zero-order valence-electron chi connectivity index (χ0n) is 13.5. The van der Waals surface area contributed by atoms with Crippen LogP contribution in [-0.2, 0) is 6.42 Å². The maximum absolute atomic E-state index is 12.6. The van der Waals surface area contributed by atoms with Crippen molar-refractivity contribution in [3.8, 4) is 0 Å². The fraction of sp³-hybridized carbons (Fsp3) is 0.389. The smallest absolute Gasteiger partial charge is 0.272 e. The number of nitrogens with zero attached hydrogens (tertiary/aromatic N) is 4. The normalized spacial score (nSPS) is 14.0. The van der Waals surface area contributed by atoms with Crippen LogP contribution in [-0.4, -0.2) is 47.5 Å².